The van der Waals surface area contributed by atoms with Crippen molar-refractivity contribution >= 4 is 33.5 Å². The van der Waals surface area contributed by atoms with Crippen LogP contribution < -0.4 is 5.73 Å². The number of nitrogens with two attached hydrogens (primary N) is 1. The van der Waals surface area contributed by atoms with Crippen LogP contribution in [0.5, 0.6) is 0 Å². The highest BCUT2D eigenvalue weighted by molar-refractivity contribution is 6.10. The van der Waals surface area contributed by atoms with Gasteiger partial charge < -0.3 is 10.6 Å². The topological polar surface area (TPSA) is 108 Å². The van der Waals surface area contributed by atoms with Crippen molar-refractivity contribution in [1.82, 2.24) is 34.4 Å². The second-order valence-corrected chi connectivity index (χ2v) is 9.11. The molecule has 178 valence electrons. The third-order valence-electron chi connectivity index (χ3n) is 6.42. The summed E-state index contributed by atoms with van der Waals surface area (Å²) >= 11 is 0. The number of rotatable bonds is 4. The summed E-state index contributed by atoms with van der Waals surface area (Å²) in [6.07, 6.45) is 9.05. The Morgan fingerprint density at radius 3 is 2.61 bits per heavy atom. The number of fused-ring (bicyclic) bond motifs is 3. The number of benzene rings is 1. The molecule has 6 rings (SSSR count). The van der Waals surface area contributed by atoms with Crippen LogP contribution in [0.25, 0.3) is 21.8 Å². The summed E-state index contributed by atoms with van der Waals surface area (Å²) in [5.74, 6) is 6.61. The molecular formula is C27H24N8O. The van der Waals surface area contributed by atoms with E-state index < -0.39 is 0 Å². The molecule has 1 aliphatic rings. The van der Waals surface area contributed by atoms with E-state index in [-0.39, 0.29) is 11.9 Å². The minimum absolute atomic E-state index is 0.0196. The molecule has 0 unspecified atom stereocenters. The first-order valence-electron chi connectivity index (χ1n) is 11.7. The number of anilines is 1. The van der Waals surface area contributed by atoms with Gasteiger partial charge >= 0.3 is 0 Å². The zero-order valence-electron chi connectivity index (χ0n) is 20.0. The van der Waals surface area contributed by atoms with Gasteiger partial charge in [-0.2, -0.15) is 10.2 Å². The van der Waals surface area contributed by atoms with E-state index in [9.17, 15) is 4.79 Å². The molecule has 1 fully saturated rings. The lowest BCUT2D eigenvalue weighted by molar-refractivity contribution is 0.0728. The minimum atomic E-state index is -0.0196. The lowest BCUT2D eigenvalue weighted by Gasteiger charge is -2.22. The van der Waals surface area contributed by atoms with Crippen LogP contribution in [0.15, 0.2) is 55.1 Å². The molecule has 4 aromatic heterocycles. The molecule has 1 aromatic carbocycles. The summed E-state index contributed by atoms with van der Waals surface area (Å²) in [5.41, 5.74) is 10.8. The standard InChI is InChI=1S/C27H24N8O/c1-33-15-18(13-30-33)4-3-17-5-7-20(29-12-17)16-35(21-8-9-21)27(36)19-6-10-24-22(11-19)25-23(26(28)32-24)14-31-34(25)2/h5-7,10-15,21H,8-9,16H2,1-2H3,(H2,28,32). The summed E-state index contributed by atoms with van der Waals surface area (Å²) in [7, 11) is 3.72. The van der Waals surface area contributed by atoms with Gasteiger partial charge in [0.2, 0.25) is 0 Å². The van der Waals surface area contributed by atoms with Gasteiger partial charge in [-0.15, -0.1) is 0 Å². The highest BCUT2D eigenvalue weighted by Gasteiger charge is 2.33. The number of hydrogen-bond donors (Lipinski definition) is 1. The molecule has 0 bridgehead atoms. The van der Waals surface area contributed by atoms with Crippen molar-refractivity contribution < 1.29 is 4.79 Å². The van der Waals surface area contributed by atoms with Gasteiger partial charge in [-0.05, 0) is 43.2 Å². The number of carbonyl (C=O) groups is 1. The van der Waals surface area contributed by atoms with Gasteiger partial charge in [0.25, 0.3) is 5.91 Å². The van der Waals surface area contributed by atoms with Gasteiger partial charge in [0.15, 0.2) is 0 Å². The van der Waals surface area contributed by atoms with E-state index >= 15 is 0 Å². The first-order valence-corrected chi connectivity index (χ1v) is 11.7. The van der Waals surface area contributed by atoms with Crippen molar-refractivity contribution in [2.75, 3.05) is 5.73 Å². The molecule has 1 aliphatic carbocycles. The van der Waals surface area contributed by atoms with Crippen LogP contribution in [0.2, 0.25) is 0 Å². The Labute approximate surface area is 207 Å². The lowest BCUT2D eigenvalue weighted by Crippen LogP contribution is -2.32. The minimum Gasteiger partial charge on any atom is -0.383 e. The summed E-state index contributed by atoms with van der Waals surface area (Å²) in [5, 5.41) is 10.1. The molecule has 2 N–H and O–H groups in total. The number of aromatic nitrogens is 6. The molecule has 9 nitrogen and oxygen atoms in total. The molecule has 0 spiro atoms. The molecule has 0 saturated heterocycles. The quantitative estimate of drug-likeness (QED) is 0.400. The van der Waals surface area contributed by atoms with E-state index in [0.29, 0.717) is 17.9 Å². The fraction of sp³-hybridized carbons (Fsp3) is 0.222. The van der Waals surface area contributed by atoms with Gasteiger partial charge in [-0.25, -0.2) is 4.98 Å². The smallest absolute Gasteiger partial charge is 0.254 e. The van der Waals surface area contributed by atoms with Crippen molar-refractivity contribution in [3.8, 4) is 11.8 Å². The zero-order valence-corrected chi connectivity index (χ0v) is 20.0. The van der Waals surface area contributed by atoms with Crippen LogP contribution in [-0.2, 0) is 20.6 Å². The van der Waals surface area contributed by atoms with Gasteiger partial charge in [0.05, 0.1) is 46.6 Å². The maximum atomic E-state index is 13.6. The number of nitrogens with zero attached hydrogens (tertiary/aromatic N) is 7. The molecule has 0 atom stereocenters. The van der Waals surface area contributed by atoms with Gasteiger partial charge in [-0.3, -0.25) is 19.1 Å². The van der Waals surface area contributed by atoms with E-state index in [1.165, 1.54) is 0 Å². The van der Waals surface area contributed by atoms with Gasteiger partial charge in [0.1, 0.15) is 5.82 Å². The average molecular weight is 477 g/mol. The molecule has 4 heterocycles. The highest BCUT2D eigenvalue weighted by atomic mass is 16.2. The molecule has 5 aromatic rings. The number of aryl methyl sites for hydroxylation is 2. The van der Waals surface area contributed by atoms with E-state index in [4.69, 9.17) is 5.73 Å². The van der Waals surface area contributed by atoms with Crippen molar-refractivity contribution in [2.24, 2.45) is 14.1 Å². The van der Waals surface area contributed by atoms with E-state index in [0.717, 1.165) is 51.5 Å². The maximum absolute atomic E-state index is 13.6. The highest BCUT2D eigenvalue weighted by Crippen LogP contribution is 2.32. The fourth-order valence-corrected chi connectivity index (χ4v) is 4.41. The predicted molar refractivity (Wildman–Crippen MR) is 137 cm³/mol. The summed E-state index contributed by atoms with van der Waals surface area (Å²) in [6, 6.07) is 9.66. The molecule has 9 heteroatoms. The number of pyridine rings is 2. The Hall–Kier alpha value is -4.71. The average Bonchev–Trinajstić information content (AvgIpc) is 3.52. The Balaban J connectivity index is 1.26. The Morgan fingerprint density at radius 1 is 1.06 bits per heavy atom. The van der Waals surface area contributed by atoms with Gasteiger partial charge in [-0.1, -0.05) is 11.8 Å². The van der Waals surface area contributed by atoms with Crippen molar-refractivity contribution in [3.63, 3.8) is 0 Å². The molecule has 0 radical (unpaired) electrons. The summed E-state index contributed by atoms with van der Waals surface area (Å²) < 4.78 is 3.49. The van der Waals surface area contributed by atoms with E-state index in [1.807, 2.05) is 55.5 Å². The second kappa shape index (κ2) is 8.50. The Morgan fingerprint density at radius 2 is 1.89 bits per heavy atom. The van der Waals surface area contributed by atoms with Crippen molar-refractivity contribution in [3.05, 3.63) is 77.5 Å². The Kier molecular flexibility index (Phi) is 5.15. The monoisotopic (exact) mass is 476 g/mol. The largest absolute Gasteiger partial charge is 0.383 e. The van der Waals surface area contributed by atoms with Crippen LogP contribution in [0.4, 0.5) is 5.82 Å². The van der Waals surface area contributed by atoms with Crippen molar-refractivity contribution in [1.29, 1.82) is 0 Å². The molecule has 1 amide bonds. The van der Waals surface area contributed by atoms with Crippen LogP contribution in [-0.4, -0.2) is 46.4 Å². The van der Waals surface area contributed by atoms with Crippen LogP contribution in [0, 0.1) is 11.8 Å². The van der Waals surface area contributed by atoms with E-state index in [1.54, 1.807) is 28.0 Å². The fourth-order valence-electron chi connectivity index (χ4n) is 4.41. The maximum Gasteiger partial charge on any atom is 0.254 e. The first-order chi connectivity index (χ1) is 17.5. The molecular weight excluding hydrogens is 452 g/mol. The van der Waals surface area contributed by atoms with E-state index in [2.05, 4.69) is 32.0 Å². The van der Waals surface area contributed by atoms with Gasteiger partial charge in [0, 0.05) is 49.0 Å². The third-order valence-corrected chi connectivity index (χ3v) is 6.42. The summed E-state index contributed by atoms with van der Waals surface area (Å²) in [4.78, 5) is 24.6. The SMILES string of the molecule is Cn1cc(C#Cc2ccc(CN(C(=O)c3ccc4nc(N)c5cnn(C)c5c4c3)C3CC3)nc2)cn1. The predicted octanol–water partition coefficient (Wildman–Crippen LogP) is 3.04. The van der Waals surface area contributed by atoms with Crippen LogP contribution >= 0.6 is 0 Å². The summed E-state index contributed by atoms with van der Waals surface area (Å²) in [6.45, 7) is 0.443. The lowest BCUT2D eigenvalue weighted by atomic mass is 10.1. The number of hydrogen-bond acceptors (Lipinski definition) is 6. The molecule has 36 heavy (non-hydrogen) atoms. The number of amides is 1. The Bertz CT molecular complexity index is 1680. The molecule has 0 aliphatic heterocycles. The zero-order chi connectivity index (χ0) is 24.8. The number of carbonyl (C=O) groups excluding carboxylic acids is 1. The second-order valence-electron chi connectivity index (χ2n) is 9.11. The normalized spacial score (nSPS) is 13.1. The third kappa shape index (κ3) is 4.03. The van der Waals surface area contributed by atoms with Crippen LogP contribution in [0.1, 0.15) is 40.0 Å². The number of nitrogen functional groups attached to an aromatic ring is 1. The first kappa shape index (κ1) is 21.8. The van der Waals surface area contributed by atoms with Crippen molar-refractivity contribution in [2.45, 2.75) is 25.4 Å². The van der Waals surface area contributed by atoms with Crippen LogP contribution in [0.3, 0.4) is 0 Å². The molecule has 1 saturated carbocycles.